The van der Waals surface area contributed by atoms with E-state index >= 15 is 0 Å². The number of hydrogen-bond acceptors (Lipinski definition) is 5. The molecule has 2 atom stereocenters. The minimum absolute atomic E-state index is 0.00734. The summed E-state index contributed by atoms with van der Waals surface area (Å²) in [5.41, 5.74) is 0.842. The maximum absolute atomic E-state index is 14.1. The van der Waals surface area contributed by atoms with Crippen molar-refractivity contribution >= 4 is 11.6 Å². The number of β-amino-alcohol motifs (C(OH)–C–C–N with tert-alkyl or cyclic N) is 1. The lowest BCUT2D eigenvalue weighted by Crippen LogP contribution is -2.57. The van der Waals surface area contributed by atoms with E-state index in [2.05, 4.69) is 21.2 Å². The molecular weight excluding hydrogens is 433 g/mol. The minimum Gasteiger partial charge on any atom is -0.497 e. The molecule has 34 heavy (non-hydrogen) atoms. The second-order valence-corrected chi connectivity index (χ2v) is 10.2. The van der Waals surface area contributed by atoms with Crippen molar-refractivity contribution in [3.63, 3.8) is 0 Å². The number of hydrogen-bond donors (Lipinski definition) is 2. The van der Waals surface area contributed by atoms with Gasteiger partial charge in [0.15, 0.2) is 0 Å². The number of methoxy groups -OCH3 is 1. The molecular formula is C27H34FN3O3. The van der Waals surface area contributed by atoms with Gasteiger partial charge in [0.25, 0.3) is 0 Å². The molecule has 3 saturated heterocycles. The van der Waals surface area contributed by atoms with Gasteiger partial charge in [-0.3, -0.25) is 9.69 Å². The summed E-state index contributed by atoms with van der Waals surface area (Å²) < 4.78 is 19.4. The first-order valence-electron chi connectivity index (χ1n) is 12.3. The van der Waals surface area contributed by atoms with Crippen LogP contribution in [0.25, 0.3) is 0 Å². The topological polar surface area (TPSA) is 65.0 Å². The predicted molar refractivity (Wildman–Crippen MR) is 130 cm³/mol. The van der Waals surface area contributed by atoms with Crippen molar-refractivity contribution in [3.8, 4) is 5.75 Å². The second kappa shape index (κ2) is 9.19. The van der Waals surface area contributed by atoms with Crippen LogP contribution in [0.15, 0.2) is 48.5 Å². The van der Waals surface area contributed by atoms with Crippen LogP contribution in [0.2, 0.25) is 0 Å². The maximum Gasteiger partial charge on any atom is 0.220 e. The Bertz CT molecular complexity index is 1040. The third-order valence-corrected chi connectivity index (χ3v) is 7.91. The number of nitrogens with zero attached hydrogens (tertiary/aromatic N) is 2. The number of aliphatic hydroxyl groups is 1. The van der Waals surface area contributed by atoms with E-state index in [1.165, 1.54) is 6.07 Å². The van der Waals surface area contributed by atoms with Crippen molar-refractivity contribution in [2.24, 2.45) is 0 Å². The van der Waals surface area contributed by atoms with E-state index in [0.717, 1.165) is 42.9 Å². The number of halogens is 1. The van der Waals surface area contributed by atoms with Crippen molar-refractivity contribution < 1.29 is 19.0 Å². The molecule has 2 N–H and O–H groups in total. The zero-order valence-corrected chi connectivity index (χ0v) is 19.8. The Morgan fingerprint density at radius 2 is 1.94 bits per heavy atom. The first-order valence-corrected chi connectivity index (χ1v) is 12.3. The van der Waals surface area contributed by atoms with Crippen molar-refractivity contribution in [2.75, 3.05) is 44.7 Å². The molecule has 3 aliphatic rings. The number of ether oxygens (including phenoxy) is 1. The van der Waals surface area contributed by atoms with E-state index in [4.69, 9.17) is 4.74 Å². The summed E-state index contributed by atoms with van der Waals surface area (Å²) in [6, 6.07) is 14.8. The average molecular weight is 468 g/mol. The number of amides is 1. The van der Waals surface area contributed by atoms with Crippen LogP contribution >= 0.6 is 0 Å². The monoisotopic (exact) mass is 467 g/mol. The number of carbonyl (C=O) groups excluding carboxylic acids is 1. The molecule has 0 aromatic heterocycles. The Balaban J connectivity index is 1.29. The number of benzene rings is 2. The van der Waals surface area contributed by atoms with Crippen molar-refractivity contribution in [1.82, 2.24) is 10.2 Å². The van der Waals surface area contributed by atoms with Gasteiger partial charge in [-0.25, -0.2) is 4.39 Å². The SMILES string of the molecule is COc1cccc(N2CCC(O)(CN3C[C@@H](c4cccc(F)c4)[C@@]4(CCCC(=O)N4)C3)CC2)c1. The molecule has 0 bridgehead atoms. The molecule has 1 spiro atoms. The summed E-state index contributed by atoms with van der Waals surface area (Å²) in [6.07, 6.45) is 3.60. The van der Waals surface area contributed by atoms with Crippen LogP contribution in [0.1, 0.15) is 43.6 Å². The highest BCUT2D eigenvalue weighted by atomic mass is 19.1. The lowest BCUT2D eigenvalue weighted by Gasteiger charge is -2.42. The fourth-order valence-electron chi connectivity index (χ4n) is 6.18. The number of nitrogens with one attached hydrogen (secondary N) is 1. The van der Waals surface area contributed by atoms with Gasteiger partial charge in [0.05, 0.1) is 18.2 Å². The van der Waals surface area contributed by atoms with Gasteiger partial charge in [-0.2, -0.15) is 0 Å². The molecule has 3 heterocycles. The van der Waals surface area contributed by atoms with Gasteiger partial charge in [0.1, 0.15) is 11.6 Å². The van der Waals surface area contributed by atoms with Crippen LogP contribution in [-0.2, 0) is 4.79 Å². The lowest BCUT2D eigenvalue weighted by molar-refractivity contribution is -0.125. The zero-order chi connectivity index (χ0) is 23.8. The van der Waals surface area contributed by atoms with Crippen LogP contribution in [0.4, 0.5) is 10.1 Å². The Hall–Kier alpha value is -2.64. The van der Waals surface area contributed by atoms with Gasteiger partial charge in [-0.15, -0.1) is 0 Å². The number of rotatable bonds is 5. The number of carbonyl (C=O) groups is 1. The molecule has 5 rings (SSSR count). The molecule has 0 unspecified atom stereocenters. The van der Waals surface area contributed by atoms with E-state index in [9.17, 15) is 14.3 Å². The first-order chi connectivity index (χ1) is 16.4. The first kappa shape index (κ1) is 23.1. The fourth-order valence-corrected chi connectivity index (χ4v) is 6.18. The normalized spacial score (nSPS) is 27.1. The summed E-state index contributed by atoms with van der Waals surface area (Å²) in [5, 5.41) is 14.8. The Morgan fingerprint density at radius 1 is 1.15 bits per heavy atom. The summed E-state index contributed by atoms with van der Waals surface area (Å²) in [6.45, 7) is 3.48. The number of anilines is 1. The second-order valence-electron chi connectivity index (χ2n) is 10.2. The Kier molecular flexibility index (Phi) is 6.25. The number of piperidine rings is 2. The van der Waals surface area contributed by atoms with Gasteiger partial charge in [0, 0.05) is 56.8 Å². The Labute approximate surface area is 200 Å². The fraction of sp³-hybridized carbons (Fsp3) is 0.519. The van der Waals surface area contributed by atoms with E-state index in [1.54, 1.807) is 19.2 Å². The minimum atomic E-state index is -0.786. The standard InChI is InChI=1S/C27H34FN3O3/c1-34-23-8-3-7-22(16-23)31-13-11-26(33,12-14-31)18-30-17-24(20-5-2-6-21(28)15-20)27(19-30)10-4-9-25(32)29-27/h2-3,5-8,15-16,24,33H,4,9-14,17-19H2,1H3,(H,29,32)/t24-,27+/m0/s1. The largest absolute Gasteiger partial charge is 0.497 e. The van der Waals surface area contributed by atoms with Gasteiger partial charge in [0.2, 0.25) is 5.91 Å². The molecule has 3 fully saturated rings. The van der Waals surface area contributed by atoms with Crippen LogP contribution < -0.4 is 15.0 Å². The van der Waals surface area contributed by atoms with Crippen LogP contribution in [0, 0.1) is 5.82 Å². The molecule has 0 radical (unpaired) electrons. The van der Waals surface area contributed by atoms with Crippen molar-refractivity contribution in [1.29, 1.82) is 0 Å². The van der Waals surface area contributed by atoms with E-state index < -0.39 is 11.1 Å². The van der Waals surface area contributed by atoms with E-state index in [1.807, 2.05) is 24.3 Å². The predicted octanol–water partition coefficient (Wildman–Crippen LogP) is 3.30. The molecule has 3 aliphatic heterocycles. The highest BCUT2D eigenvalue weighted by molar-refractivity contribution is 5.78. The summed E-state index contributed by atoms with van der Waals surface area (Å²) in [5.74, 6) is 0.656. The van der Waals surface area contributed by atoms with E-state index in [-0.39, 0.29) is 17.6 Å². The molecule has 0 aliphatic carbocycles. The summed E-state index contributed by atoms with van der Waals surface area (Å²) >= 11 is 0. The van der Waals surface area contributed by atoms with Crippen LogP contribution in [0.3, 0.4) is 0 Å². The third kappa shape index (κ3) is 4.64. The van der Waals surface area contributed by atoms with Crippen molar-refractivity contribution in [3.05, 3.63) is 59.9 Å². The van der Waals surface area contributed by atoms with Gasteiger partial charge < -0.3 is 20.1 Å². The highest BCUT2D eigenvalue weighted by Crippen LogP contribution is 2.42. The third-order valence-electron chi connectivity index (χ3n) is 7.91. The molecule has 182 valence electrons. The molecule has 0 saturated carbocycles. The maximum atomic E-state index is 14.1. The highest BCUT2D eigenvalue weighted by Gasteiger charge is 2.50. The summed E-state index contributed by atoms with van der Waals surface area (Å²) in [7, 11) is 1.67. The van der Waals surface area contributed by atoms with E-state index in [0.29, 0.717) is 38.9 Å². The van der Waals surface area contributed by atoms with Gasteiger partial charge in [-0.1, -0.05) is 18.2 Å². The lowest BCUT2D eigenvalue weighted by atomic mass is 9.76. The molecule has 7 heteroatoms. The quantitative estimate of drug-likeness (QED) is 0.707. The Morgan fingerprint density at radius 3 is 2.68 bits per heavy atom. The number of likely N-dealkylation sites (tertiary alicyclic amines) is 1. The van der Waals surface area contributed by atoms with Gasteiger partial charge >= 0.3 is 0 Å². The molecule has 1 amide bonds. The van der Waals surface area contributed by atoms with Gasteiger partial charge in [-0.05, 0) is 55.5 Å². The zero-order valence-electron chi connectivity index (χ0n) is 19.8. The molecule has 2 aromatic rings. The van der Waals surface area contributed by atoms with Crippen molar-refractivity contribution in [2.45, 2.75) is 49.2 Å². The average Bonchev–Trinajstić information content (AvgIpc) is 3.15. The molecule has 6 nitrogen and oxygen atoms in total. The summed E-state index contributed by atoms with van der Waals surface area (Å²) in [4.78, 5) is 16.9. The molecule has 2 aromatic carbocycles. The van der Waals surface area contributed by atoms with Crippen LogP contribution in [0.5, 0.6) is 5.75 Å². The van der Waals surface area contributed by atoms with Crippen LogP contribution in [-0.4, -0.2) is 66.9 Å². The smallest absolute Gasteiger partial charge is 0.220 e.